The maximum Gasteiger partial charge on any atom is 0.330 e. The van der Waals surface area contributed by atoms with Gasteiger partial charge in [-0.1, -0.05) is 26.8 Å². The maximum absolute atomic E-state index is 10.9. The predicted molar refractivity (Wildman–Crippen MR) is 95.3 cm³/mol. The fourth-order valence-corrected chi connectivity index (χ4v) is 1.93. The zero-order valence-electron chi connectivity index (χ0n) is 15.9. The van der Waals surface area contributed by atoms with Crippen LogP contribution in [0.1, 0.15) is 47.0 Å². The molecule has 1 N–H and O–H groups in total. The number of hydrogen-bond donors (Lipinski definition) is 1. The molecule has 7 heteroatoms. The Hall–Kier alpha value is -2.02. The van der Waals surface area contributed by atoms with Gasteiger partial charge in [0.1, 0.15) is 12.6 Å². The Kier molecular flexibility index (Phi) is 13.4. The van der Waals surface area contributed by atoms with E-state index in [9.17, 15) is 19.2 Å². The highest BCUT2D eigenvalue weighted by atomic mass is 16.5. The van der Waals surface area contributed by atoms with Gasteiger partial charge in [0, 0.05) is 6.08 Å². The van der Waals surface area contributed by atoms with E-state index in [1.165, 1.54) is 13.8 Å². The lowest BCUT2D eigenvalue weighted by atomic mass is 9.90. The van der Waals surface area contributed by atoms with Crippen LogP contribution in [0.5, 0.6) is 0 Å². The number of carbonyl (C=O) groups excluding carboxylic acids is 3. The lowest BCUT2D eigenvalue weighted by Gasteiger charge is -2.28. The molecule has 0 bridgehead atoms. The highest BCUT2D eigenvalue weighted by Gasteiger charge is 2.28. The van der Waals surface area contributed by atoms with Crippen molar-refractivity contribution in [3.8, 4) is 0 Å². The van der Waals surface area contributed by atoms with Gasteiger partial charge in [-0.2, -0.15) is 0 Å². The lowest BCUT2D eigenvalue weighted by molar-refractivity contribution is -0.146. The van der Waals surface area contributed by atoms with Gasteiger partial charge in [0.05, 0.1) is 5.41 Å². The van der Waals surface area contributed by atoms with E-state index in [0.29, 0.717) is 0 Å². The highest BCUT2D eigenvalue weighted by molar-refractivity contribution is 6.27. The fraction of sp³-hybridized carbons (Fsp3) is 0.667. The Bertz CT molecular complexity index is 458. The summed E-state index contributed by atoms with van der Waals surface area (Å²) in [6, 6.07) is -0.228. The van der Waals surface area contributed by atoms with E-state index in [1.54, 1.807) is 0 Å². The van der Waals surface area contributed by atoms with Crippen LogP contribution in [0.2, 0.25) is 0 Å². The second-order valence-electron chi connectivity index (χ2n) is 6.01. The Morgan fingerprint density at radius 3 is 2.20 bits per heavy atom. The van der Waals surface area contributed by atoms with E-state index in [-0.39, 0.29) is 18.9 Å². The first-order valence-electron chi connectivity index (χ1n) is 8.37. The highest BCUT2D eigenvalue weighted by Crippen LogP contribution is 2.16. The SMILES string of the molecule is C=CC(=O)OCC(C)(C)C(=O)C=O.CC.CN1CCCCC1C(=O)O. The molecular weight excluding hydrogens is 326 g/mol. The van der Waals surface area contributed by atoms with Crippen LogP contribution in [0.25, 0.3) is 0 Å². The van der Waals surface area contributed by atoms with E-state index >= 15 is 0 Å². The molecule has 0 saturated carbocycles. The Morgan fingerprint density at radius 2 is 1.84 bits per heavy atom. The summed E-state index contributed by atoms with van der Waals surface area (Å²) in [7, 11) is 1.87. The van der Waals surface area contributed by atoms with Crippen molar-refractivity contribution in [3.05, 3.63) is 12.7 Å². The Labute approximate surface area is 150 Å². The van der Waals surface area contributed by atoms with Gasteiger partial charge in [-0.25, -0.2) is 4.79 Å². The van der Waals surface area contributed by atoms with Crippen LogP contribution >= 0.6 is 0 Å². The fourth-order valence-electron chi connectivity index (χ4n) is 1.93. The van der Waals surface area contributed by atoms with E-state index in [2.05, 4.69) is 11.3 Å². The molecule has 0 aliphatic carbocycles. The van der Waals surface area contributed by atoms with Crippen LogP contribution in [0.15, 0.2) is 12.7 Å². The predicted octanol–water partition coefficient (Wildman–Crippen LogP) is 2.09. The van der Waals surface area contributed by atoms with Crippen LogP contribution in [-0.4, -0.2) is 60.3 Å². The van der Waals surface area contributed by atoms with E-state index in [1.807, 2.05) is 25.8 Å². The lowest BCUT2D eigenvalue weighted by Crippen LogP contribution is -2.41. The van der Waals surface area contributed by atoms with Gasteiger partial charge in [-0.05, 0) is 40.3 Å². The summed E-state index contributed by atoms with van der Waals surface area (Å²) in [4.78, 5) is 44.2. The van der Waals surface area contributed by atoms with E-state index in [0.717, 1.165) is 31.9 Å². The number of ketones is 1. The number of carbonyl (C=O) groups is 4. The molecule has 1 heterocycles. The van der Waals surface area contributed by atoms with Gasteiger partial charge in [0.15, 0.2) is 6.29 Å². The van der Waals surface area contributed by atoms with E-state index in [4.69, 9.17) is 5.11 Å². The number of aliphatic carboxylic acids is 1. The molecule has 7 nitrogen and oxygen atoms in total. The molecular formula is C18H31NO6. The minimum absolute atomic E-state index is 0.116. The molecule has 1 saturated heterocycles. The molecule has 0 spiro atoms. The average Bonchev–Trinajstić information content (AvgIpc) is 2.61. The Morgan fingerprint density at radius 1 is 1.28 bits per heavy atom. The molecule has 0 amide bonds. The van der Waals surface area contributed by atoms with Crippen LogP contribution in [0, 0.1) is 5.41 Å². The summed E-state index contributed by atoms with van der Waals surface area (Å²) in [6.45, 7) is 11.1. The molecule has 1 fully saturated rings. The van der Waals surface area contributed by atoms with Gasteiger partial charge in [0.25, 0.3) is 0 Å². The third kappa shape index (κ3) is 10.4. The third-order valence-corrected chi connectivity index (χ3v) is 3.57. The second-order valence-corrected chi connectivity index (χ2v) is 6.01. The number of ether oxygens (including phenoxy) is 1. The molecule has 1 rings (SSSR count). The summed E-state index contributed by atoms with van der Waals surface area (Å²) in [6.07, 6.45) is 4.23. The van der Waals surface area contributed by atoms with Crippen molar-refractivity contribution >= 4 is 24.0 Å². The molecule has 25 heavy (non-hydrogen) atoms. The second kappa shape index (κ2) is 13.3. The van der Waals surface area contributed by atoms with Crippen molar-refractivity contribution < 1.29 is 29.0 Å². The molecule has 0 aromatic rings. The average molecular weight is 357 g/mol. The summed E-state index contributed by atoms with van der Waals surface area (Å²) < 4.78 is 4.64. The molecule has 0 aromatic heterocycles. The van der Waals surface area contributed by atoms with E-state index < -0.39 is 23.1 Å². The molecule has 0 radical (unpaired) electrons. The number of carboxylic acids is 1. The first-order valence-corrected chi connectivity index (χ1v) is 8.37. The van der Waals surface area contributed by atoms with Crippen molar-refractivity contribution in [2.75, 3.05) is 20.2 Å². The molecule has 1 aliphatic heterocycles. The molecule has 1 atom stereocenters. The maximum atomic E-state index is 10.9. The number of aldehydes is 1. The molecule has 1 aliphatic rings. The molecule has 144 valence electrons. The number of carboxylic acid groups (broad SMARTS) is 1. The smallest absolute Gasteiger partial charge is 0.330 e. The number of likely N-dealkylation sites (tertiary alicyclic amines) is 1. The number of likely N-dealkylation sites (N-methyl/N-ethyl adjacent to an activating group) is 1. The number of Topliss-reactive ketones (excluding diaryl/α,β-unsaturated/α-hetero) is 1. The normalized spacial score (nSPS) is 16.9. The molecule has 0 aromatic carbocycles. The van der Waals surface area contributed by atoms with Gasteiger partial charge in [-0.3, -0.25) is 19.3 Å². The standard InChI is InChI=1S/C9H12O4.C7H13NO2.C2H6/c1-4-8(12)13-6-9(2,3)7(11)5-10;1-8-5-3-2-4-6(8)7(9)10;1-2/h4-5H,1,6H2,2-3H3;6H,2-5H2,1H3,(H,9,10);1-2H3. The number of nitrogens with zero attached hydrogens (tertiary/aromatic N) is 1. The van der Waals surface area contributed by atoms with Gasteiger partial charge in [-0.15, -0.1) is 0 Å². The van der Waals surface area contributed by atoms with Gasteiger partial charge < -0.3 is 9.84 Å². The molecule has 1 unspecified atom stereocenters. The van der Waals surface area contributed by atoms with Crippen LogP contribution in [0.4, 0.5) is 0 Å². The third-order valence-electron chi connectivity index (χ3n) is 3.57. The van der Waals surface area contributed by atoms with Crippen molar-refractivity contribution in [2.24, 2.45) is 5.41 Å². The van der Waals surface area contributed by atoms with Crippen LogP contribution in [0.3, 0.4) is 0 Å². The zero-order valence-corrected chi connectivity index (χ0v) is 15.9. The Balaban J connectivity index is 0. The summed E-state index contributed by atoms with van der Waals surface area (Å²) >= 11 is 0. The van der Waals surface area contributed by atoms with Crippen LogP contribution < -0.4 is 0 Å². The minimum atomic E-state index is -0.958. The van der Waals surface area contributed by atoms with Crippen molar-refractivity contribution in [2.45, 2.75) is 53.0 Å². The number of hydrogen-bond acceptors (Lipinski definition) is 6. The number of esters is 1. The minimum Gasteiger partial charge on any atom is -0.480 e. The van der Waals surface area contributed by atoms with Gasteiger partial charge in [0.2, 0.25) is 5.78 Å². The number of piperidine rings is 1. The van der Waals surface area contributed by atoms with Crippen LogP contribution in [-0.2, 0) is 23.9 Å². The first-order chi connectivity index (χ1) is 11.7. The quantitative estimate of drug-likeness (QED) is 0.336. The van der Waals surface area contributed by atoms with Crippen molar-refractivity contribution in [3.63, 3.8) is 0 Å². The first kappa shape index (κ1) is 25.2. The summed E-state index contributed by atoms with van der Waals surface area (Å²) in [5.41, 5.74) is -0.958. The van der Waals surface area contributed by atoms with Crippen molar-refractivity contribution in [1.82, 2.24) is 4.90 Å². The summed E-state index contributed by atoms with van der Waals surface area (Å²) in [5.74, 6) is -1.88. The van der Waals surface area contributed by atoms with Crippen molar-refractivity contribution in [1.29, 1.82) is 0 Å². The monoisotopic (exact) mass is 357 g/mol. The topological polar surface area (TPSA) is 101 Å². The zero-order chi connectivity index (χ0) is 20.0. The number of rotatable bonds is 6. The summed E-state index contributed by atoms with van der Waals surface area (Å²) in [5, 5.41) is 8.67. The van der Waals surface area contributed by atoms with Gasteiger partial charge >= 0.3 is 11.9 Å². The largest absolute Gasteiger partial charge is 0.480 e.